The van der Waals surface area contributed by atoms with Crippen LogP contribution in [-0.2, 0) is 0 Å². The summed E-state index contributed by atoms with van der Waals surface area (Å²) in [5.41, 5.74) is 6.35. The fourth-order valence-corrected chi connectivity index (χ4v) is 1.59. The van der Waals surface area contributed by atoms with E-state index in [4.69, 9.17) is 28.9 Å². The van der Waals surface area contributed by atoms with Crippen molar-refractivity contribution < 1.29 is 4.79 Å². The third kappa shape index (κ3) is 2.88. The number of carbonyl (C=O) groups excluding carboxylic acids is 1. The number of nitrogen functional groups attached to an aromatic ring is 1. The maximum Gasteiger partial charge on any atom is 0.256 e. The maximum absolute atomic E-state index is 11.9. The van der Waals surface area contributed by atoms with Gasteiger partial charge in [0, 0.05) is 11.8 Å². The summed E-state index contributed by atoms with van der Waals surface area (Å²) < 4.78 is 0. The molecule has 1 aromatic heterocycles. The van der Waals surface area contributed by atoms with Gasteiger partial charge in [0.2, 0.25) is 5.28 Å². The third-order valence-electron chi connectivity index (χ3n) is 2.13. The smallest absolute Gasteiger partial charge is 0.256 e. The molecule has 0 aliphatic rings. The highest BCUT2D eigenvalue weighted by Crippen LogP contribution is 2.20. The van der Waals surface area contributed by atoms with Crippen molar-refractivity contribution in [3.63, 3.8) is 0 Å². The topological polar surface area (TPSA) is 80.9 Å². The second kappa shape index (κ2) is 5.20. The lowest BCUT2D eigenvalue weighted by atomic mass is 10.2. The molecule has 92 valence electrons. The van der Waals surface area contributed by atoms with E-state index in [1.807, 2.05) is 0 Å². The lowest BCUT2D eigenvalue weighted by Crippen LogP contribution is -2.13. The predicted octanol–water partition coefficient (Wildman–Crippen LogP) is 2.62. The van der Waals surface area contributed by atoms with Gasteiger partial charge in [-0.3, -0.25) is 4.79 Å². The zero-order chi connectivity index (χ0) is 13.1. The standard InChI is InChI=1S/C11H8Cl2N4O/c12-7-5-6(1-2-8(7)14)10(18)16-9-3-4-15-11(13)17-9/h1-5H,14H2,(H,15,16,17,18). The number of aromatic nitrogens is 2. The fraction of sp³-hybridized carbons (Fsp3) is 0. The fourth-order valence-electron chi connectivity index (χ4n) is 1.26. The first kappa shape index (κ1) is 12.6. The number of carbonyl (C=O) groups is 1. The van der Waals surface area contributed by atoms with Crippen LogP contribution < -0.4 is 11.1 Å². The number of hydrogen-bond acceptors (Lipinski definition) is 4. The summed E-state index contributed by atoms with van der Waals surface area (Å²) in [5, 5.41) is 2.95. The molecular weight excluding hydrogens is 275 g/mol. The number of amides is 1. The number of anilines is 2. The normalized spacial score (nSPS) is 10.1. The van der Waals surface area contributed by atoms with Gasteiger partial charge in [-0.05, 0) is 35.9 Å². The van der Waals surface area contributed by atoms with Crippen molar-refractivity contribution in [3.8, 4) is 0 Å². The molecule has 3 N–H and O–H groups in total. The van der Waals surface area contributed by atoms with Crippen molar-refractivity contribution in [1.29, 1.82) is 0 Å². The zero-order valence-corrected chi connectivity index (χ0v) is 10.5. The number of nitrogens with two attached hydrogens (primary N) is 1. The monoisotopic (exact) mass is 282 g/mol. The first-order chi connectivity index (χ1) is 8.56. The van der Waals surface area contributed by atoms with Gasteiger partial charge in [-0.15, -0.1) is 0 Å². The van der Waals surface area contributed by atoms with Gasteiger partial charge in [0.15, 0.2) is 0 Å². The van der Waals surface area contributed by atoms with Crippen molar-refractivity contribution >= 4 is 40.6 Å². The van der Waals surface area contributed by atoms with E-state index >= 15 is 0 Å². The van der Waals surface area contributed by atoms with Crippen LogP contribution in [0.25, 0.3) is 0 Å². The number of hydrogen-bond donors (Lipinski definition) is 2. The third-order valence-corrected chi connectivity index (χ3v) is 2.64. The lowest BCUT2D eigenvalue weighted by molar-refractivity contribution is 0.102. The van der Waals surface area contributed by atoms with Crippen molar-refractivity contribution in [2.75, 3.05) is 11.1 Å². The molecule has 1 amide bonds. The molecule has 0 radical (unpaired) electrons. The molecule has 0 saturated heterocycles. The molecule has 2 aromatic rings. The van der Waals surface area contributed by atoms with Crippen LogP contribution in [0, 0.1) is 0 Å². The van der Waals surface area contributed by atoms with Crippen LogP contribution in [0.15, 0.2) is 30.5 Å². The van der Waals surface area contributed by atoms with Crippen LogP contribution in [0.4, 0.5) is 11.5 Å². The van der Waals surface area contributed by atoms with Gasteiger partial charge in [-0.25, -0.2) is 9.97 Å². The number of nitrogens with zero attached hydrogens (tertiary/aromatic N) is 2. The first-order valence-corrected chi connectivity index (χ1v) is 5.67. The van der Waals surface area contributed by atoms with Crippen LogP contribution in [0.5, 0.6) is 0 Å². The molecule has 2 rings (SSSR count). The second-order valence-corrected chi connectivity index (χ2v) is 4.15. The van der Waals surface area contributed by atoms with Crippen LogP contribution in [0.1, 0.15) is 10.4 Å². The summed E-state index contributed by atoms with van der Waals surface area (Å²) in [4.78, 5) is 19.4. The van der Waals surface area contributed by atoms with Gasteiger partial charge in [0.1, 0.15) is 5.82 Å². The molecule has 1 aromatic carbocycles. The summed E-state index contributed by atoms with van der Waals surface area (Å²) in [5.74, 6) is -0.0420. The van der Waals surface area contributed by atoms with E-state index in [1.165, 1.54) is 18.3 Å². The number of halogens is 2. The predicted molar refractivity (Wildman–Crippen MR) is 70.9 cm³/mol. The highest BCUT2D eigenvalue weighted by Gasteiger charge is 2.09. The SMILES string of the molecule is Nc1ccc(C(=O)Nc2ccnc(Cl)n2)cc1Cl. The van der Waals surface area contributed by atoms with Gasteiger partial charge in [0.25, 0.3) is 5.91 Å². The van der Waals surface area contributed by atoms with Crippen LogP contribution in [-0.4, -0.2) is 15.9 Å². The highest BCUT2D eigenvalue weighted by molar-refractivity contribution is 6.33. The minimum Gasteiger partial charge on any atom is -0.398 e. The van der Waals surface area contributed by atoms with Crippen molar-refractivity contribution in [1.82, 2.24) is 9.97 Å². The van der Waals surface area contributed by atoms with Crippen molar-refractivity contribution in [2.24, 2.45) is 0 Å². The molecule has 0 fully saturated rings. The minimum absolute atomic E-state index is 0.0585. The van der Waals surface area contributed by atoms with E-state index in [0.29, 0.717) is 22.1 Å². The van der Waals surface area contributed by atoms with E-state index in [9.17, 15) is 4.79 Å². The van der Waals surface area contributed by atoms with Gasteiger partial charge >= 0.3 is 0 Å². The molecule has 7 heteroatoms. The zero-order valence-electron chi connectivity index (χ0n) is 9.02. The Kier molecular flexibility index (Phi) is 3.64. The molecule has 0 atom stereocenters. The Balaban J connectivity index is 2.19. The summed E-state index contributed by atoms with van der Waals surface area (Å²) in [6.07, 6.45) is 1.45. The summed E-state index contributed by atoms with van der Waals surface area (Å²) >= 11 is 11.4. The Labute approximate surface area is 113 Å². The van der Waals surface area contributed by atoms with E-state index in [0.717, 1.165) is 0 Å². The van der Waals surface area contributed by atoms with Crippen molar-refractivity contribution in [3.05, 3.63) is 46.3 Å². The summed E-state index contributed by atoms with van der Waals surface area (Å²) in [7, 11) is 0. The molecule has 18 heavy (non-hydrogen) atoms. The number of rotatable bonds is 2. The molecule has 0 spiro atoms. The maximum atomic E-state index is 11.9. The largest absolute Gasteiger partial charge is 0.398 e. The molecule has 1 heterocycles. The Bertz CT molecular complexity index is 603. The summed E-state index contributed by atoms with van der Waals surface area (Å²) in [6.45, 7) is 0. The molecule has 0 saturated carbocycles. The number of benzene rings is 1. The van der Waals surface area contributed by atoms with E-state index < -0.39 is 0 Å². The molecule has 5 nitrogen and oxygen atoms in total. The van der Waals surface area contributed by atoms with E-state index in [-0.39, 0.29) is 11.2 Å². The Morgan fingerprint density at radius 3 is 2.72 bits per heavy atom. The van der Waals surface area contributed by atoms with Crippen LogP contribution >= 0.6 is 23.2 Å². The van der Waals surface area contributed by atoms with Crippen LogP contribution in [0.2, 0.25) is 10.3 Å². The van der Waals surface area contributed by atoms with E-state index in [1.54, 1.807) is 12.1 Å². The summed E-state index contributed by atoms with van der Waals surface area (Å²) in [6, 6.07) is 6.14. The number of nitrogens with one attached hydrogen (secondary N) is 1. The molecule has 0 unspecified atom stereocenters. The Morgan fingerprint density at radius 1 is 1.28 bits per heavy atom. The highest BCUT2D eigenvalue weighted by atomic mass is 35.5. The van der Waals surface area contributed by atoms with Gasteiger partial charge in [-0.2, -0.15) is 0 Å². The molecule has 0 aliphatic carbocycles. The Hall–Kier alpha value is -1.85. The first-order valence-electron chi connectivity index (χ1n) is 4.91. The lowest BCUT2D eigenvalue weighted by Gasteiger charge is -2.05. The van der Waals surface area contributed by atoms with Gasteiger partial charge in [-0.1, -0.05) is 11.6 Å². The van der Waals surface area contributed by atoms with E-state index in [2.05, 4.69) is 15.3 Å². The average Bonchev–Trinajstić information content (AvgIpc) is 2.32. The van der Waals surface area contributed by atoms with Crippen LogP contribution in [0.3, 0.4) is 0 Å². The average molecular weight is 283 g/mol. The quantitative estimate of drug-likeness (QED) is 0.655. The molecule has 0 aliphatic heterocycles. The van der Waals surface area contributed by atoms with Crippen molar-refractivity contribution in [2.45, 2.75) is 0 Å². The second-order valence-electron chi connectivity index (χ2n) is 3.40. The minimum atomic E-state index is -0.355. The van der Waals surface area contributed by atoms with Gasteiger partial charge in [0.05, 0.1) is 10.7 Å². The van der Waals surface area contributed by atoms with Gasteiger partial charge < -0.3 is 11.1 Å². The molecular formula is C11H8Cl2N4O. The molecule has 0 bridgehead atoms. The Morgan fingerprint density at radius 2 is 2.06 bits per heavy atom.